The van der Waals surface area contributed by atoms with Crippen LogP contribution in [0.15, 0.2) is 11.8 Å². The third-order valence-corrected chi connectivity index (χ3v) is 2.02. The molecule has 0 aromatic carbocycles. The molecule has 1 heterocycles. The highest BCUT2D eigenvalue weighted by Crippen LogP contribution is 2.11. The van der Waals surface area contributed by atoms with Gasteiger partial charge in [-0.05, 0) is 13.8 Å². The van der Waals surface area contributed by atoms with E-state index in [1.54, 1.807) is 13.8 Å². The zero-order valence-electron chi connectivity index (χ0n) is 10.3. The van der Waals surface area contributed by atoms with Crippen LogP contribution in [0.3, 0.4) is 0 Å². The average Bonchev–Trinajstić information content (AvgIpc) is 2.28. The van der Waals surface area contributed by atoms with Crippen LogP contribution < -0.4 is 0 Å². The molecule has 1 aliphatic heterocycles. The van der Waals surface area contributed by atoms with Gasteiger partial charge in [0.1, 0.15) is 5.76 Å². The highest BCUT2D eigenvalue weighted by molar-refractivity contribution is 5.95. The molecule has 0 aliphatic carbocycles. The van der Waals surface area contributed by atoms with Crippen molar-refractivity contribution < 1.29 is 28.6 Å². The summed E-state index contributed by atoms with van der Waals surface area (Å²) in [5.74, 6) is -0.272. The Morgan fingerprint density at radius 3 is 2.50 bits per heavy atom. The lowest BCUT2D eigenvalue weighted by molar-refractivity contribution is -0.116. The molecule has 0 bridgehead atoms. The van der Waals surface area contributed by atoms with Crippen molar-refractivity contribution in [2.45, 2.75) is 13.8 Å². The summed E-state index contributed by atoms with van der Waals surface area (Å²) < 4.78 is 14.1. The molecule has 0 unspecified atom stereocenters. The summed E-state index contributed by atoms with van der Waals surface area (Å²) in [4.78, 5) is 35.1. The largest absolute Gasteiger partial charge is 0.513 e. The second kappa shape index (κ2) is 6.63. The van der Waals surface area contributed by atoms with Crippen molar-refractivity contribution in [2.75, 3.05) is 26.3 Å². The maximum absolute atomic E-state index is 11.5. The van der Waals surface area contributed by atoms with E-state index in [4.69, 9.17) is 9.47 Å². The lowest BCUT2D eigenvalue weighted by atomic mass is 10.2. The Labute approximate surface area is 104 Å². The van der Waals surface area contributed by atoms with E-state index in [0.717, 1.165) is 4.90 Å². The first kappa shape index (κ1) is 14.0. The van der Waals surface area contributed by atoms with Gasteiger partial charge in [-0.25, -0.2) is 9.59 Å². The predicted molar refractivity (Wildman–Crippen MR) is 59.8 cm³/mol. The standard InChI is InChI=1S/C11H15NO6/c1-3-16-10(14)12-6-8(13)5-9(7-12)18-11(15)17-4-2/h5H,3-4,6-7H2,1-2H3. The number of rotatable bonds is 3. The van der Waals surface area contributed by atoms with Gasteiger partial charge in [0.25, 0.3) is 0 Å². The van der Waals surface area contributed by atoms with Crippen molar-refractivity contribution in [3.63, 3.8) is 0 Å². The van der Waals surface area contributed by atoms with Crippen LogP contribution in [0.2, 0.25) is 0 Å². The zero-order chi connectivity index (χ0) is 13.5. The van der Waals surface area contributed by atoms with Crippen LogP contribution in [-0.4, -0.2) is 49.2 Å². The normalized spacial score (nSPS) is 14.9. The minimum Gasteiger partial charge on any atom is -0.450 e. The second-order valence-electron chi connectivity index (χ2n) is 3.42. The highest BCUT2D eigenvalue weighted by atomic mass is 16.7. The Balaban J connectivity index is 2.61. The molecule has 0 saturated carbocycles. The number of hydrogen-bond donors (Lipinski definition) is 0. The van der Waals surface area contributed by atoms with Crippen LogP contribution in [0.1, 0.15) is 13.8 Å². The summed E-state index contributed by atoms with van der Waals surface area (Å²) in [5.41, 5.74) is 0. The Morgan fingerprint density at radius 1 is 1.22 bits per heavy atom. The Bertz CT molecular complexity index is 376. The van der Waals surface area contributed by atoms with E-state index in [0.29, 0.717) is 0 Å². The smallest absolute Gasteiger partial charge is 0.450 e. The summed E-state index contributed by atoms with van der Waals surface area (Å²) in [6.07, 6.45) is -0.349. The molecule has 7 nitrogen and oxygen atoms in total. The van der Waals surface area contributed by atoms with E-state index in [1.165, 1.54) is 6.08 Å². The highest BCUT2D eigenvalue weighted by Gasteiger charge is 2.25. The van der Waals surface area contributed by atoms with Crippen LogP contribution >= 0.6 is 0 Å². The van der Waals surface area contributed by atoms with Gasteiger partial charge >= 0.3 is 12.2 Å². The fourth-order valence-electron chi connectivity index (χ4n) is 1.36. The van der Waals surface area contributed by atoms with Gasteiger partial charge in [0.05, 0.1) is 26.3 Å². The van der Waals surface area contributed by atoms with Crippen molar-refractivity contribution in [3.05, 3.63) is 11.8 Å². The van der Waals surface area contributed by atoms with Crippen molar-refractivity contribution in [1.29, 1.82) is 0 Å². The van der Waals surface area contributed by atoms with Gasteiger partial charge in [-0.2, -0.15) is 0 Å². The van der Waals surface area contributed by atoms with E-state index >= 15 is 0 Å². The number of amides is 1. The Morgan fingerprint density at radius 2 is 1.89 bits per heavy atom. The number of carbonyl (C=O) groups excluding carboxylic acids is 3. The first-order valence-electron chi connectivity index (χ1n) is 5.56. The molecular formula is C11H15NO6. The molecule has 0 N–H and O–H groups in total. The van der Waals surface area contributed by atoms with Crippen LogP contribution in [-0.2, 0) is 19.0 Å². The summed E-state index contributed by atoms with van der Waals surface area (Å²) in [6.45, 7) is 3.59. The number of ether oxygens (including phenoxy) is 3. The second-order valence-corrected chi connectivity index (χ2v) is 3.42. The molecule has 18 heavy (non-hydrogen) atoms. The van der Waals surface area contributed by atoms with E-state index in [1.807, 2.05) is 0 Å². The topological polar surface area (TPSA) is 82.1 Å². The summed E-state index contributed by atoms with van der Waals surface area (Å²) >= 11 is 0. The van der Waals surface area contributed by atoms with Crippen LogP contribution in [0.25, 0.3) is 0 Å². The molecule has 0 saturated heterocycles. The van der Waals surface area contributed by atoms with Gasteiger partial charge in [0.15, 0.2) is 5.78 Å². The van der Waals surface area contributed by atoms with Crippen LogP contribution in [0, 0.1) is 0 Å². The van der Waals surface area contributed by atoms with Gasteiger partial charge in [-0.1, -0.05) is 0 Å². The number of hydrogen-bond acceptors (Lipinski definition) is 6. The van der Waals surface area contributed by atoms with Gasteiger partial charge in [-0.15, -0.1) is 0 Å². The molecule has 1 rings (SSSR count). The minimum absolute atomic E-state index is 0.00336. The molecule has 100 valence electrons. The SMILES string of the molecule is CCOC(=O)OC1=CC(=O)CN(C(=O)OCC)C1. The van der Waals surface area contributed by atoms with Gasteiger partial charge in [0, 0.05) is 6.08 Å². The molecule has 0 aromatic rings. The molecule has 7 heteroatoms. The van der Waals surface area contributed by atoms with Crippen molar-refractivity contribution in [3.8, 4) is 0 Å². The van der Waals surface area contributed by atoms with Crippen molar-refractivity contribution >= 4 is 18.0 Å². The van der Waals surface area contributed by atoms with E-state index in [9.17, 15) is 14.4 Å². The third kappa shape index (κ3) is 4.08. The third-order valence-electron chi connectivity index (χ3n) is 2.02. The first-order chi connectivity index (χ1) is 8.56. The number of ketones is 1. The van der Waals surface area contributed by atoms with Gasteiger partial charge < -0.3 is 14.2 Å². The number of carbonyl (C=O) groups is 3. The monoisotopic (exact) mass is 257 g/mol. The van der Waals surface area contributed by atoms with Crippen LogP contribution in [0.4, 0.5) is 9.59 Å². The lowest BCUT2D eigenvalue weighted by Gasteiger charge is -2.24. The molecule has 1 amide bonds. The summed E-state index contributed by atoms with van der Waals surface area (Å²) in [6, 6.07) is 0. The lowest BCUT2D eigenvalue weighted by Crippen LogP contribution is -2.40. The maximum atomic E-state index is 11.5. The van der Waals surface area contributed by atoms with E-state index in [-0.39, 0.29) is 37.8 Å². The van der Waals surface area contributed by atoms with E-state index in [2.05, 4.69) is 4.74 Å². The molecule has 0 atom stereocenters. The Hall–Kier alpha value is -2.05. The van der Waals surface area contributed by atoms with Crippen molar-refractivity contribution in [1.82, 2.24) is 4.90 Å². The molecule has 1 aliphatic rings. The predicted octanol–water partition coefficient (Wildman–Crippen LogP) is 1.08. The Kier molecular flexibility index (Phi) is 5.16. The molecular weight excluding hydrogens is 242 g/mol. The molecule has 0 fully saturated rings. The maximum Gasteiger partial charge on any atom is 0.513 e. The van der Waals surface area contributed by atoms with Crippen molar-refractivity contribution in [2.24, 2.45) is 0 Å². The molecule has 0 spiro atoms. The van der Waals surface area contributed by atoms with Gasteiger partial charge in [0.2, 0.25) is 0 Å². The zero-order valence-corrected chi connectivity index (χ0v) is 10.3. The quantitative estimate of drug-likeness (QED) is 0.704. The fraction of sp³-hybridized carbons (Fsp3) is 0.545. The summed E-state index contributed by atoms with van der Waals surface area (Å²) in [5, 5.41) is 0. The molecule has 0 radical (unpaired) electrons. The van der Waals surface area contributed by atoms with Gasteiger partial charge in [-0.3, -0.25) is 9.69 Å². The van der Waals surface area contributed by atoms with Crippen LogP contribution in [0.5, 0.6) is 0 Å². The fourth-order valence-corrected chi connectivity index (χ4v) is 1.36. The summed E-state index contributed by atoms with van der Waals surface area (Å²) in [7, 11) is 0. The van der Waals surface area contributed by atoms with E-state index < -0.39 is 12.2 Å². The average molecular weight is 257 g/mol. The first-order valence-corrected chi connectivity index (χ1v) is 5.56. The number of nitrogens with zero attached hydrogens (tertiary/aromatic N) is 1. The molecule has 0 aromatic heterocycles. The minimum atomic E-state index is -0.901.